The maximum Gasteiger partial charge on any atom is 0.338 e. The number of carbonyl (C=O) groups is 2. The first-order valence-electron chi connectivity index (χ1n) is 7.73. The summed E-state index contributed by atoms with van der Waals surface area (Å²) in [5.74, 6) is -0.752. The molecule has 25 heavy (non-hydrogen) atoms. The van der Waals surface area contributed by atoms with Crippen LogP contribution in [0.15, 0.2) is 36.4 Å². The molecule has 2 aromatic rings. The second-order valence-corrected chi connectivity index (χ2v) is 6.00. The van der Waals surface area contributed by atoms with Gasteiger partial charge >= 0.3 is 5.97 Å². The summed E-state index contributed by atoms with van der Waals surface area (Å²) in [7, 11) is 1.32. The van der Waals surface area contributed by atoms with Crippen molar-refractivity contribution in [2.75, 3.05) is 19.0 Å². The molecule has 132 valence electrons. The molecule has 6 heteroatoms. The first kappa shape index (κ1) is 19.0. The first-order chi connectivity index (χ1) is 11.9. The second-order valence-electron chi connectivity index (χ2n) is 5.59. The van der Waals surface area contributed by atoms with Crippen LogP contribution in [0.2, 0.25) is 5.02 Å². The number of rotatable bonds is 6. The molecule has 0 unspecified atom stereocenters. The fourth-order valence-electron chi connectivity index (χ4n) is 2.32. The lowest BCUT2D eigenvalue weighted by atomic mass is 10.0. The van der Waals surface area contributed by atoms with E-state index in [0.717, 1.165) is 16.7 Å². The van der Waals surface area contributed by atoms with Gasteiger partial charge in [0.15, 0.2) is 0 Å². The van der Waals surface area contributed by atoms with Crippen LogP contribution < -0.4 is 5.32 Å². The van der Waals surface area contributed by atoms with E-state index in [1.54, 1.807) is 18.2 Å². The van der Waals surface area contributed by atoms with E-state index in [1.807, 2.05) is 32.0 Å². The predicted octanol–water partition coefficient (Wildman–Crippen LogP) is 3.90. The SMILES string of the molecule is COC(=O)c1cc(NC(=O)COCc2ccccc2Cl)cc(C)c1C. The lowest BCUT2D eigenvalue weighted by Gasteiger charge is -2.12. The Bertz CT molecular complexity index is 789. The summed E-state index contributed by atoms with van der Waals surface area (Å²) in [5, 5.41) is 3.32. The normalized spacial score (nSPS) is 10.4. The van der Waals surface area contributed by atoms with Crippen molar-refractivity contribution in [1.82, 2.24) is 0 Å². The number of benzene rings is 2. The Morgan fingerprint density at radius 1 is 1.16 bits per heavy atom. The minimum atomic E-state index is -0.438. The van der Waals surface area contributed by atoms with E-state index in [-0.39, 0.29) is 19.1 Å². The van der Waals surface area contributed by atoms with E-state index >= 15 is 0 Å². The van der Waals surface area contributed by atoms with Gasteiger partial charge in [0, 0.05) is 10.7 Å². The smallest absolute Gasteiger partial charge is 0.338 e. The molecule has 1 amide bonds. The molecule has 2 rings (SSSR count). The molecule has 5 nitrogen and oxygen atoms in total. The number of nitrogens with one attached hydrogen (secondary N) is 1. The molecule has 0 aliphatic carbocycles. The van der Waals surface area contributed by atoms with Crippen LogP contribution in [0.4, 0.5) is 5.69 Å². The second kappa shape index (κ2) is 8.65. The van der Waals surface area contributed by atoms with E-state index in [1.165, 1.54) is 7.11 Å². The fraction of sp³-hybridized carbons (Fsp3) is 0.263. The number of carbonyl (C=O) groups excluding carboxylic acids is 2. The van der Waals surface area contributed by atoms with E-state index in [4.69, 9.17) is 21.1 Å². The number of halogens is 1. The monoisotopic (exact) mass is 361 g/mol. The summed E-state index contributed by atoms with van der Waals surface area (Å²) in [6.45, 7) is 3.82. The number of anilines is 1. The molecule has 0 spiro atoms. The highest BCUT2D eigenvalue weighted by atomic mass is 35.5. The van der Waals surface area contributed by atoms with Crippen molar-refractivity contribution in [3.63, 3.8) is 0 Å². The van der Waals surface area contributed by atoms with Crippen LogP contribution in [-0.4, -0.2) is 25.6 Å². The van der Waals surface area contributed by atoms with Crippen LogP contribution in [0.5, 0.6) is 0 Å². The standard InChI is InChI=1S/C19H20ClNO4/c1-12-8-15(9-16(13(12)2)19(23)24-3)21-18(22)11-25-10-14-6-4-5-7-17(14)20/h4-9H,10-11H2,1-3H3,(H,21,22). The average molecular weight is 362 g/mol. The van der Waals surface area contributed by atoms with Gasteiger partial charge in [-0.3, -0.25) is 4.79 Å². The zero-order valence-corrected chi connectivity index (χ0v) is 15.1. The van der Waals surface area contributed by atoms with Crippen LogP contribution >= 0.6 is 11.6 Å². The zero-order chi connectivity index (χ0) is 18.4. The van der Waals surface area contributed by atoms with Gasteiger partial charge in [0.25, 0.3) is 0 Å². The molecule has 1 N–H and O–H groups in total. The van der Waals surface area contributed by atoms with Crippen LogP contribution in [0.3, 0.4) is 0 Å². The Morgan fingerprint density at radius 3 is 2.56 bits per heavy atom. The van der Waals surface area contributed by atoms with Gasteiger partial charge in [0.05, 0.1) is 19.3 Å². The van der Waals surface area contributed by atoms with Gasteiger partial charge in [0.1, 0.15) is 6.61 Å². The third-order valence-corrected chi connectivity index (χ3v) is 4.17. The van der Waals surface area contributed by atoms with Gasteiger partial charge in [-0.25, -0.2) is 4.79 Å². The summed E-state index contributed by atoms with van der Waals surface area (Å²) in [4.78, 5) is 23.9. The minimum Gasteiger partial charge on any atom is -0.465 e. The Balaban J connectivity index is 1.97. The van der Waals surface area contributed by atoms with Crippen LogP contribution in [-0.2, 0) is 20.9 Å². The molecule has 0 aromatic heterocycles. The quantitative estimate of drug-likeness (QED) is 0.792. The number of ether oxygens (including phenoxy) is 2. The Morgan fingerprint density at radius 2 is 1.88 bits per heavy atom. The van der Waals surface area contributed by atoms with E-state index in [9.17, 15) is 9.59 Å². The average Bonchev–Trinajstić information content (AvgIpc) is 2.59. The highest BCUT2D eigenvalue weighted by Crippen LogP contribution is 2.21. The molecular formula is C19H20ClNO4. The Hall–Kier alpha value is -2.37. The molecule has 0 radical (unpaired) electrons. The largest absolute Gasteiger partial charge is 0.465 e. The number of hydrogen-bond donors (Lipinski definition) is 1. The summed E-state index contributed by atoms with van der Waals surface area (Å²) in [5.41, 5.74) is 3.47. The molecular weight excluding hydrogens is 342 g/mol. The topological polar surface area (TPSA) is 64.6 Å². The molecule has 0 aliphatic heterocycles. The lowest BCUT2D eigenvalue weighted by Crippen LogP contribution is -2.19. The summed E-state index contributed by atoms with van der Waals surface area (Å²) >= 11 is 6.04. The fourth-order valence-corrected chi connectivity index (χ4v) is 2.51. The van der Waals surface area contributed by atoms with Gasteiger partial charge in [-0.15, -0.1) is 0 Å². The number of amides is 1. The van der Waals surface area contributed by atoms with Crippen molar-refractivity contribution >= 4 is 29.2 Å². The van der Waals surface area contributed by atoms with Crippen LogP contribution in [0.1, 0.15) is 27.0 Å². The Labute approximate surface area is 151 Å². The molecule has 0 saturated carbocycles. The molecule has 0 aliphatic rings. The van der Waals surface area contributed by atoms with Crippen LogP contribution in [0.25, 0.3) is 0 Å². The molecule has 0 saturated heterocycles. The van der Waals surface area contributed by atoms with Gasteiger partial charge in [-0.05, 0) is 48.7 Å². The first-order valence-corrected chi connectivity index (χ1v) is 8.10. The molecule has 2 aromatic carbocycles. The molecule has 0 atom stereocenters. The van der Waals surface area contributed by atoms with E-state index in [0.29, 0.717) is 16.3 Å². The van der Waals surface area contributed by atoms with Gasteiger partial charge in [-0.1, -0.05) is 29.8 Å². The predicted molar refractivity (Wildman–Crippen MR) is 97.0 cm³/mol. The van der Waals surface area contributed by atoms with Gasteiger partial charge < -0.3 is 14.8 Å². The van der Waals surface area contributed by atoms with Gasteiger partial charge in [0.2, 0.25) is 5.91 Å². The molecule has 0 bridgehead atoms. The minimum absolute atomic E-state index is 0.119. The number of esters is 1. The van der Waals surface area contributed by atoms with Crippen molar-refractivity contribution in [3.8, 4) is 0 Å². The maximum absolute atomic E-state index is 12.0. The van der Waals surface area contributed by atoms with E-state index < -0.39 is 5.97 Å². The Kier molecular flexibility index (Phi) is 6.56. The van der Waals surface area contributed by atoms with Crippen molar-refractivity contribution < 1.29 is 19.1 Å². The highest BCUT2D eigenvalue weighted by molar-refractivity contribution is 6.31. The zero-order valence-electron chi connectivity index (χ0n) is 14.4. The van der Waals surface area contributed by atoms with E-state index in [2.05, 4.69) is 5.32 Å². The van der Waals surface area contributed by atoms with Crippen molar-refractivity contribution in [3.05, 3.63) is 63.7 Å². The number of aryl methyl sites for hydroxylation is 1. The van der Waals surface area contributed by atoms with Crippen molar-refractivity contribution in [1.29, 1.82) is 0 Å². The number of methoxy groups -OCH3 is 1. The summed E-state index contributed by atoms with van der Waals surface area (Å²) in [6, 6.07) is 10.7. The third-order valence-electron chi connectivity index (χ3n) is 3.80. The summed E-state index contributed by atoms with van der Waals surface area (Å²) < 4.78 is 10.2. The number of hydrogen-bond acceptors (Lipinski definition) is 4. The van der Waals surface area contributed by atoms with Gasteiger partial charge in [-0.2, -0.15) is 0 Å². The molecule has 0 heterocycles. The lowest BCUT2D eigenvalue weighted by molar-refractivity contribution is -0.121. The maximum atomic E-state index is 12.0. The highest BCUT2D eigenvalue weighted by Gasteiger charge is 2.14. The van der Waals surface area contributed by atoms with Crippen LogP contribution in [0, 0.1) is 13.8 Å². The summed E-state index contributed by atoms with van der Waals surface area (Å²) in [6.07, 6.45) is 0. The third kappa shape index (κ3) is 5.05. The van der Waals surface area contributed by atoms with Crippen molar-refractivity contribution in [2.24, 2.45) is 0 Å². The van der Waals surface area contributed by atoms with Crippen molar-refractivity contribution in [2.45, 2.75) is 20.5 Å². The molecule has 0 fully saturated rings.